The number of nitrogens with one attached hydrogen (secondary N) is 1. The number of para-hydroxylation sites is 2. The van der Waals surface area contributed by atoms with Gasteiger partial charge in [0.25, 0.3) is 0 Å². The second-order valence-electron chi connectivity index (χ2n) is 5.28. The average Bonchev–Trinajstić information content (AvgIpc) is 2.91. The second-order valence-corrected chi connectivity index (χ2v) is 6.66. The zero-order valence-corrected chi connectivity index (χ0v) is 15.3. The first-order valence-electron chi connectivity index (χ1n) is 7.34. The van der Waals surface area contributed by atoms with Crippen LogP contribution in [0, 0.1) is 6.92 Å². The van der Waals surface area contributed by atoms with Gasteiger partial charge >= 0.3 is 5.97 Å². The van der Waals surface area contributed by atoms with E-state index < -0.39 is 5.97 Å². The third-order valence-electron chi connectivity index (χ3n) is 3.62. The molecule has 3 aromatic rings. The number of fused-ring (bicyclic) bond motifs is 1. The molecule has 8 heteroatoms. The van der Waals surface area contributed by atoms with Crippen molar-refractivity contribution in [1.82, 2.24) is 9.97 Å². The van der Waals surface area contributed by atoms with Gasteiger partial charge in [-0.1, -0.05) is 23.7 Å². The molecule has 3 rings (SSSR count). The van der Waals surface area contributed by atoms with E-state index in [9.17, 15) is 9.59 Å². The molecule has 0 atom stereocenters. The van der Waals surface area contributed by atoms with E-state index in [0.29, 0.717) is 37.9 Å². The summed E-state index contributed by atoms with van der Waals surface area (Å²) in [6, 6.07) is 7.31. The highest BCUT2D eigenvalue weighted by Crippen LogP contribution is 2.37. The van der Waals surface area contributed by atoms with Crippen molar-refractivity contribution in [2.45, 2.75) is 13.8 Å². The fourth-order valence-corrected chi connectivity index (χ4v) is 3.72. The first-order chi connectivity index (χ1) is 11.9. The number of halogens is 1. The van der Waals surface area contributed by atoms with Gasteiger partial charge in [-0.25, -0.2) is 14.8 Å². The molecule has 0 spiro atoms. The number of anilines is 2. The zero-order chi connectivity index (χ0) is 18.1. The van der Waals surface area contributed by atoms with Gasteiger partial charge in [0.15, 0.2) is 16.8 Å². The minimum Gasteiger partial charge on any atom is -0.465 e. The maximum Gasteiger partial charge on any atom is 0.341 e. The first-order valence-corrected chi connectivity index (χ1v) is 8.53. The van der Waals surface area contributed by atoms with Gasteiger partial charge in [-0.05, 0) is 31.5 Å². The molecule has 128 valence electrons. The maximum absolute atomic E-state index is 12.1. The number of carbonyl (C=O) groups excluding carboxylic acids is 2. The number of methoxy groups -OCH3 is 1. The molecule has 0 unspecified atom stereocenters. The Morgan fingerprint density at radius 2 is 1.84 bits per heavy atom. The second kappa shape index (κ2) is 6.78. The molecule has 0 amide bonds. The van der Waals surface area contributed by atoms with Crippen LogP contribution in [0.4, 0.5) is 10.8 Å². The minimum atomic E-state index is -0.534. The number of nitrogens with zero attached hydrogens (tertiary/aromatic N) is 2. The van der Waals surface area contributed by atoms with Gasteiger partial charge in [0.1, 0.15) is 5.00 Å². The van der Waals surface area contributed by atoms with E-state index >= 15 is 0 Å². The molecule has 0 radical (unpaired) electrons. The Bertz CT molecular complexity index is 1000. The average molecular weight is 376 g/mol. The number of rotatable bonds is 4. The summed E-state index contributed by atoms with van der Waals surface area (Å²) < 4.78 is 4.84. The van der Waals surface area contributed by atoms with Crippen LogP contribution in [0.25, 0.3) is 11.0 Å². The third-order valence-corrected chi connectivity index (χ3v) is 5.19. The van der Waals surface area contributed by atoms with Crippen molar-refractivity contribution in [3.8, 4) is 0 Å². The Morgan fingerprint density at radius 3 is 2.44 bits per heavy atom. The van der Waals surface area contributed by atoms with Crippen LogP contribution in [-0.4, -0.2) is 28.8 Å². The van der Waals surface area contributed by atoms with Crippen LogP contribution in [0.1, 0.15) is 32.5 Å². The first kappa shape index (κ1) is 17.3. The summed E-state index contributed by atoms with van der Waals surface area (Å²) in [6.45, 7) is 3.16. The van der Waals surface area contributed by atoms with Crippen molar-refractivity contribution in [1.29, 1.82) is 0 Å². The summed E-state index contributed by atoms with van der Waals surface area (Å²) in [5, 5.41) is 3.64. The maximum atomic E-state index is 12.1. The Morgan fingerprint density at radius 1 is 1.20 bits per heavy atom. The fraction of sp³-hybridized carbons (Fsp3) is 0.176. The van der Waals surface area contributed by atoms with Gasteiger partial charge in [0, 0.05) is 0 Å². The lowest BCUT2D eigenvalue weighted by atomic mass is 10.1. The minimum absolute atomic E-state index is 0.128. The molecular formula is C17H14ClN3O3S. The molecule has 1 aromatic carbocycles. The molecular weight excluding hydrogens is 362 g/mol. The monoisotopic (exact) mass is 375 g/mol. The lowest BCUT2D eigenvalue weighted by Crippen LogP contribution is -2.06. The van der Waals surface area contributed by atoms with Crippen LogP contribution in [0.5, 0.6) is 0 Å². The highest BCUT2D eigenvalue weighted by Gasteiger charge is 2.24. The lowest BCUT2D eigenvalue weighted by molar-refractivity contribution is 0.0601. The van der Waals surface area contributed by atoms with Crippen molar-refractivity contribution in [2.75, 3.05) is 12.4 Å². The topological polar surface area (TPSA) is 81.2 Å². The number of benzene rings is 1. The van der Waals surface area contributed by atoms with Crippen molar-refractivity contribution in [3.63, 3.8) is 0 Å². The number of thiophene rings is 1. The van der Waals surface area contributed by atoms with Crippen LogP contribution < -0.4 is 5.32 Å². The van der Waals surface area contributed by atoms with Gasteiger partial charge in [0.05, 0.1) is 28.6 Å². The Balaban J connectivity index is 2.11. The molecule has 6 nitrogen and oxygen atoms in total. The number of aromatic nitrogens is 2. The van der Waals surface area contributed by atoms with Crippen LogP contribution in [0.2, 0.25) is 5.15 Å². The third kappa shape index (κ3) is 3.20. The highest BCUT2D eigenvalue weighted by molar-refractivity contribution is 7.18. The normalized spacial score (nSPS) is 10.7. The smallest absolute Gasteiger partial charge is 0.341 e. The summed E-state index contributed by atoms with van der Waals surface area (Å²) in [4.78, 5) is 33.2. The quantitative estimate of drug-likeness (QED) is 0.538. The molecule has 1 N–H and O–H groups in total. The number of Topliss-reactive ketones (excluding diaryl/α,β-unsaturated/α-hetero) is 1. The van der Waals surface area contributed by atoms with Gasteiger partial charge in [0.2, 0.25) is 0 Å². The van der Waals surface area contributed by atoms with Crippen molar-refractivity contribution < 1.29 is 14.3 Å². The predicted molar refractivity (Wildman–Crippen MR) is 98.2 cm³/mol. The molecule has 0 saturated heterocycles. The van der Waals surface area contributed by atoms with Gasteiger partial charge in [-0.3, -0.25) is 4.79 Å². The van der Waals surface area contributed by atoms with E-state index in [0.717, 1.165) is 11.3 Å². The van der Waals surface area contributed by atoms with Crippen LogP contribution in [-0.2, 0) is 4.74 Å². The van der Waals surface area contributed by atoms with Gasteiger partial charge in [-0.2, -0.15) is 0 Å². The highest BCUT2D eigenvalue weighted by atomic mass is 35.5. The lowest BCUT2D eigenvalue weighted by Gasteiger charge is -2.08. The molecule has 0 bridgehead atoms. The standard InChI is InChI=1S/C17H14ClN3O3S/c1-8-12(17(23)24-3)16(25-13(8)9(2)22)21-15-14(18)19-10-6-4-5-7-11(10)20-15/h4-7H,1-3H3,(H,20,21). The van der Waals surface area contributed by atoms with E-state index in [-0.39, 0.29) is 10.9 Å². The van der Waals surface area contributed by atoms with Crippen LogP contribution in [0.15, 0.2) is 24.3 Å². The Kier molecular flexibility index (Phi) is 4.69. The van der Waals surface area contributed by atoms with E-state index in [4.69, 9.17) is 16.3 Å². The summed E-state index contributed by atoms with van der Waals surface area (Å²) in [6.07, 6.45) is 0. The fourth-order valence-electron chi connectivity index (χ4n) is 2.45. The van der Waals surface area contributed by atoms with Crippen molar-refractivity contribution in [3.05, 3.63) is 45.4 Å². The summed E-state index contributed by atoms with van der Waals surface area (Å²) in [7, 11) is 1.29. The van der Waals surface area contributed by atoms with Gasteiger partial charge in [-0.15, -0.1) is 11.3 Å². The van der Waals surface area contributed by atoms with E-state index in [1.54, 1.807) is 13.0 Å². The molecule has 2 heterocycles. The number of ether oxygens (including phenoxy) is 1. The van der Waals surface area contributed by atoms with Crippen LogP contribution in [0.3, 0.4) is 0 Å². The van der Waals surface area contributed by atoms with E-state index in [1.807, 2.05) is 18.2 Å². The summed E-state index contributed by atoms with van der Waals surface area (Å²) >= 11 is 7.37. The predicted octanol–water partition coefficient (Wildman–Crippen LogP) is 4.39. The Hall–Kier alpha value is -2.51. The molecule has 0 aliphatic heterocycles. The summed E-state index contributed by atoms with van der Waals surface area (Å²) in [5.74, 6) is -0.355. The van der Waals surface area contributed by atoms with Crippen molar-refractivity contribution in [2.24, 2.45) is 0 Å². The van der Waals surface area contributed by atoms with Crippen molar-refractivity contribution >= 4 is 56.5 Å². The number of ketones is 1. The molecule has 0 aliphatic carbocycles. The largest absolute Gasteiger partial charge is 0.465 e. The van der Waals surface area contributed by atoms with E-state index in [1.165, 1.54) is 14.0 Å². The van der Waals surface area contributed by atoms with Crippen LogP contribution >= 0.6 is 22.9 Å². The van der Waals surface area contributed by atoms with E-state index in [2.05, 4.69) is 15.3 Å². The summed E-state index contributed by atoms with van der Waals surface area (Å²) in [5.41, 5.74) is 2.19. The molecule has 0 aliphatic rings. The number of hydrogen-bond donors (Lipinski definition) is 1. The van der Waals surface area contributed by atoms with Gasteiger partial charge < -0.3 is 10.1 Å². The number of carbonyl (C=O) groups is 2. The number of esters is 1. The molecule has 0 saturated carbocycles. The Labute approximate surface area is 152 Å². The molecule has 25 heavy (non-hydrogen) atoms. The SMILES string of the molecule is COC(=O)c1c(Nc2nc3ccccc3nc2Cl)sc(C(C)=O)c1C. The molecule has 0 fully saturated rings. The number of hydrogen-bond acceptors (Lipinski definition) is 7. The molecule has 2 aromatic heterocycles. The zero-order valence-electron chi connectivity index (χ0n) is 13.7.